The number of nitrogens with zero attached hydrogens (tertiary/aromatic N) is 1. The molecule has 0 spiro atoms. The highest BCUT2D eigenvalue weighted by atomic mass is 32.2. The van der Waals surface area contributed by atoms with Crippen LogP contribution in [0, 0.1) is 5.92 Å². The molecule has 0 N–H and O–H groups in total. The van der Waals surface area contributed by atoms with Crippen molar-refractivity contribution in [1.29, 1.82) is 0 Å². The minimum absolute atomic E-state index is 0.222. The van der Waals surface area contributed by atoms with Crippen molar-refractivity contribution in [3.63, 3.8) is 0 Å². The summed E-state index contributed by atoms with van der Waals surface area (Å²) in [6, 6.07) is 0. The van der Waals surface area contributed by atoms with Gasteiger partial charge in [0.05, 0.1) is 4.75 Å². The van der Waals surface area contributed by atoms with E-state index >= 15 is 0 Å². The summed E-state index contributed by atoms with van der Waals surface area (Å²) in [6.07, 6.45) is 4.30. The molecule has 1 saturated heterocycles. The van der Waals surface area contributed by atoms with Gasteiger partial charge in [-0.2, -0.15) is 16.2 Å². The van der Waals surface area contributed by atoms with Gasteiger partial charge in [-0.15, -0.1) is 0 Å². The van der Waals surface area contributed by atoms with Crippen LogP contribution in [0.25, 0.3) is 0 Å². The third kappa shape index (κ3) is 4.13. The van der Waals surface area contributed by atoms with Crippen molar-refractivity contribution in [2.24, 2.45) is 10.3 Å². The predicted octanol–water partition coefficient (Wildman–Crippen LogP) is 2.66. The Balaban J connectivity index is 2.42. The van der Waals surface area contributed by atoms with Gasteiger partial charge in [0.2, 0.25) is 0 Å². The molecule has 1 heterocycles. The summed E-state index contributed by atoms with van der Waals surface area (Å²) in [5.74, 6) is 3.00. The fraction of sp³-hybridized carbons (Fsp3) is 0.900. The van der Waals surface area contributed by atoms with Crippen LogP contribution in [0.3, 0.4) is 0 Å². The first-order valence-electron chi connectivity index (χ1n) is 5.04. The van der Waals surface area contributed by atoms with Crippen molar-refractivity contribution >= 4 is 29.0 Å². The third-order valence-corrected chi connectivity index (χ3v) is 4.57. The molecular weight excluding hydrogens is 214 g/mol. The van der Waals surface area contributed by atoms with E-state index in [9.17, 15) is 4.21 Å². The van der Waals surface area contributed by atoms with Crippen LogP contribution in [-0.4, -0.2) is 26.7 Å². The first-order valence-corrected chi connectivity index (χ1v) is 7.30. The van der Waals surface area contributed by atoms with Crippen molar-refractivity contribution in [2.45, 2.75) is 38.4 Å². The standard InChI is InChI=1S/C10H19NOS2/c1-10(2,3)14(12)11-8-9-4-6-13-7-5-9/h8-9H,4-7H2,1-3H3/b11-8+/t14-/m1/s1. The Labute approximate surface area is 93.5 Å². The topological polar surface area (TPSA) is 29.4 Å². The lowest BCUT2D eigenvalue weighted by molar-refractivity contribution is 0.642. The molecule has 14 heavy (non-hydrogen) atoms. The van der Waals surface area contributed by atoms with Crippen molar-refractivity contribution in [1.82, 2.24) is 0 Å². The smallest absolute Gasteiger partial charge is 0.144 e. The molecule has 0 amide bonds. The maximum Gasteiger partial charge on any atom is 0.144 e. The summed E-state index contributed by atoms with van der Waals surface area (Å²) in [4.78, 5) is 0. The Morgan fingerprint density at radius 3 is 2.43 bits per heavy atom. The first-order chi connectivity index (χ1) is 6.50. The van der Waals surface area contributed by atoms with Gasteiger partial charge in [0.15, 0.2) is 0 Å². The van der Waals surface area contributed by atoms with Crippen LogP contribution in [0.1, 0.15) is 33.6 Å². The molecule has 1 fully saturated rings. The average Bonchev–Trinajstić information content (AvgIpc) is 2.14. The van der Waals surface area contributed by atoms with Crippen LogP contribution in [0.15, 0.2) is 4.40 Å². The summed E-state index contributed by atoms with van der Waals surface area (Å²) in [7, 11) is -1.08. The second-order valence-electron chi connectivity index (χ2n) is 4.57. The maximum atomic E-state index is 11.6. The fourth-order valence-electron chi connectivity index (χ4n) is 1.16. The molecule has 1 aliphatic rings. The molecule has 0 radical (unpaired) electrons. The van der Waals surface area contributed by atoms with Crippen molar-refractivity contribution in [2.75, 3.05) is 11.5 Å². The van der Waals surface area contributed by atoms with Gasteiger partial charge in [-0.3, -0.25) is 0 Å². The van der Waals surface area contributed by atoms with Gasteiger partial charge >= 0.3 is 0 Å². The van der Waals surface area contributed by atoms with E-state index in [-0.39, 0.29) is 4.75 Å². The van der Waals surface area contributed by atoms with E-state index in [2.05, 4.69) is 4.40 Å². The monoisotopic (exact) mass is 233 g/mol. The van der Waals surface area contributed by atoms with Crippen molar-refractivity contribution in [3.05, 3.63) is 0 Å². The molecule has 1 aliphatic heterocycles. The van der Waals surface area contributed by atoms with Gasteiger partial charge in [-0.1, -0.05) is 0 Å². The SMILES string of the molecule is CC(C)(C)[S@@](=O)/N=C/C1CCSCC1. The Morgan fingerprint density at radius 2 is 1.93 bits per heavy atom. The molecule has 1 rings (SSSR count). The van der Waals surface area contributed by atoms with Gasteiger partial charge in [0.1, 0.15) is 11.0 Å². The van der Waals surface area contributed by atoms with Crippen molar-refractivity contribution < 1.29 is 4.21 Å². The molecule has 2 nitrogen and oxygen atoms in total. The normalized spacial score (nSPS) is 22.8. The van der Waals surface area contributed by atoms with Crippen LogP contribution in [-0.2, 0) is 11.0 Å². The largest absolute Gasteiger partial charge is 0.234 e. The lowest BCUT2D eigenvalue weighted by atomic mass is 10.1. The zero-order valence-corrected chi connectivity index (χ0v) is 10.8. The molecule has 0 aliphatic carbocycles. The van der Waals surface area contributed by atoms with Crippen molar-refractivity contribution in [3.8, 4) is 0 Å². The minimum Gasteiger partial charge on any atom is -0.234 e. The number of thioether (sulfide) groups is 1. The zero-order chi connectivity index (χ0) is 10.6. The summed E-state index contributed by atoms with van der Waals surface area (Å²) in [5.41, 5.74) is 0. The van der Waals surface area contributed by atoms with E-state index in [0.717, 1.165) is 0 Å². The quantitative estimate of drug-likeness (QED) is 0.686. The Kier molecular flexibility index (Phi) is 4.64. The minimum atomic E-state index is -1.08. The van der Waals surface area contributed by atoms with Gasteiger partial charge in [-0.25, -0.2) is 4.21 Å². The Hall–Kier alpha value is 0.170. The molecule has 1 atom stereocenters. The van der Waals surface area contributed by atoms with E-state index in [0.29, 0.717) is 5.92 Å². The Morgan fingerprint density at radius 1 is 1.36 bits per heavy atom. The van der Waals surface area contributed by atoms with Gasteiger partial charge in [-0.05, 0) is 51.0 Å². The number of hydrogen-bond acceptors (Lipinski definition) is 2. The number of rotatable bonds is 2. The maximum absolute atomic E-state index is 11.6. The fourth-order valence-corrected chi connectivity index (χ4v) is 2.91. The van der Waals surface area contributed by atoms with E-state index in [1.165, 1.54) is 24.3 Å². The summed E-state index contributed by atoms with van der Waals surface area (Å²) in [6.45, 7) is 5.87. The molecule has 82 valence electrons. The number of hydrogen-bond donors (Lipinski definition) is 0. The summed E-state index contributed by atoms with van der Waals surface area (Å²) in [5, 5.41) is 0. The first kappa shape index (κ1) is 12.2. The van der Waals surface area contributed by atoms with Gasteiger partial charge in [0.25, 0.3) is 0 Å². The lowest BCUT2D eigenvalue weighted by Crippen LogP contribution is -2.20. The van der Waals surface area contributed by atoms with Crippen LogP contribution >= 0.6 is 11.8 Å². The third-order valence-electron chi connectivity index (χ3n) is 2.16. The molecule has 0 aromatic rings. The Bertz CT molecular complexity index is 227. The highest BCUT2D eigenvalue weighted by Gasteiger charge is 2.19. The van der Waals surface area contributed by atoms with Crippen LogP contribution in [0.2, 0.25) is 0 Å². The van der Waals surface area contributed by atoms with Crippen LogP contribution in [0.4, 0.5) is 0 Å². The molecule has 0 unspecified atom stereocenters. The molecule has 0 aromatic carbocycles. The summed E-state index contributed by atoms with van der Waals surface area (Å²) >= 11 is 2.00. The second kappa shape index (κ2) is 5.31. The zero-order valence-electron chi connectivity index (χ0n) is 9.16. The molecule has 4 heteroatoms. The molecule has 0 saturated carbocycles. The molecule has 0 aromatic heterocycles. The molecule has 0 bridgehead atoms. The predicted molar refractivity (Wildman–Crippen MR) is 66.4 cm³/mol. The van der Waals surface area contributed by atoms with E-state index in [1.807, 2.05) is 38.7 Å². The van der Waals surface area contributed by atoms with E-state index in [1.54, 1.807) is 0 Å². The van der Waals surface area contributed by atoms with Gasteiger partial charge < -0.3 is 0 Å². The van der Waals surface area contributed by atoms with Crippen LogP contribution in [0.5, 0.6) is 0 Å². The van der Waals surface area contributed by atoms with Gasteiger partial charge in [0, 0.05) is 6.21 Å². The van der Waals surface area contributed by atoms with E-state index in [4.69, 9.17) is 0 Å². The van der Waals surface area contributed by atoms with Crippen LogP contribution < -0.4 is 0 Å². The molecular formula is C10H19NOS2. The lowest BCUT2D eigenvalue weighted by Gasteiger charge is -2.18. The average molecular weight is 233 g/mol. The van der Waals surface area contributed by atoms with E-state index < -0.39 is 11.0 Å². The summed E-state index contributed by atoms with van der Waals surface area (Å²) < 4.78 is 15.5. The highest BCUT2D eigenvalue weighted by molar-refractivity contribution is 7.99. The second-order valence-corrected chi connectivity index (χ2v) is 7.72. The highest BCUT2D eigenvalue weighted by Crippen LogP contribution is 2.21.